The Morgan fingerprint density at radius 1 is 1.22 bits per heavy atom. The number of amides is 1. The van der Waals surface area contributed by atoms with Gasteiger partial charge in [-0.3, -0.25) is 9.36 Å². The highest BCUT2D eigenvalue weighted by atomic mass is 35.5. The minimum absolute atomic E-state index is 0.169. The summed E-state index contributed by atoms with van der Waals surface area (Å²) in [5.41, 5.74) is 2.42. The third-order valence-corrected chi connectivity index (χ3v) is 5.36. The molecule has 0 bridgehead atoms. The normalized spacial score (nSPS) is 10.7. The number of carbonyl (C=O) groups excluding carboxylic acids is 1. The number of aryl methyl sites for hydroxylation is 1. The van der Waals surface area contributed by atoms with Gasteiger partial charge in [0.2, 0.25) is 5.91 Å². The van der Waals surface area contributed by atoms with Gasteiger partial charge in [0.05, 0.1) is 23.6 Å². The van der Waals surface area contributed by atoms with Gasteiger partial charge in [-0.25, -0.2) is 0 Å². The lowest BCUT2D eigenvalue weighted by Crippen LogP contribution is -2.14. The molecule has 0 fully saturated rings. The third-order valence-electron chi connectivity index (χ3n) is 3.72. The van der Waals surface area contributed by atoms with Crippen LogP contribution in [0.1, 0.15) is 5.56 Å². The quantitative estimate of drug-likeness (QED) is 0.586. The van der Waals surface area contributed by atoms with Gasteiger partial charge in [-0.1, -0.05) is 41.0 Å². The van der Waals surface area contributed by atoms with E-state index in [9.17, 15) is 4.79 Å². The van der Waals surface area contributed by atoms with Crippen LogP contribution in [-0.2, 0) is 4.79 Å². The first kappa shape index (κ1) is 19.5. The molecule has 3 aromatic rings. The fraction of sp³-hybridized carbons (Fsp3) is 0.167. The Balaban J connectivity index is 1.65. The lowest BCUT2D eigenvalue weighted by molar-refractivity contribution is -0.113. The van der Waals surface area contributed by atoms with Crippen molar-refractivity contribution in [2.75, 3.05) is 18.2 Å². The second kappa shape index (κ2) is 8.65. The first-order valence-corrected chi connectivity index (χ1v) is 9.65. The third kappa shape index (κ3) is 4.74. The summed E-state index contributed by atoms with van der Waals surface area (Å²) in [4.78, 5) is 12.2. The number of rotatable bonds is 6. The van der Waals surface area contributed by atoms with E-state index in [2.05, 4.69) is 15.5 Å². The van der Waals surface area contributed by atoms with Crippen LogP contribution < -0.4 is 10.1 Å². The van der Waals surface area contributed by atoms with E-state index in [1.807, 2.05) is 25.1 Å². The van der Waals surface area contributed by atoms with Crippen molar-refractivity contribution in [1.29, 1.82) is 0 Å². The molecule has 1 heterocycles. The van der Waals surface area contributed by atoms with Crippen LogP contribution in [-0.4, -0.2) is 33.5 Å². The maximum atomic E-state index is 12.2. The second-order valence-corrected chi connectivity index (χ2v) is 7.36. The molecular formula is C18H16Cl2N4O2S. The molecule has 6 nitrogen and oxygen atoms in total. The molecule has 3 rings (SSSR count). The Hall–Kier alpha value is -2.22. The van der Waals surface area contributed by atoms with Crippen LogP contribution >= 0.6 is 35.0 Å². The summed E-state index contributed by atoms with van der Waals surface area (Å²) >= 11 is 13.5. The van der Waals surface area contributed by atoms with E-state index >= 15 is 0 Å². The van der Waals surface area contributed by atoms with E-state index in [1.165, 1.54) is 18.9 Å². The van der Waals surface area contributed by atoms with Gasteiger partial charge in [0, 0.05) is 10.7 Å². The average Bonchev–Trinajstić information content (AvgIpc) is 3.11. The van der Waals surface area contributed by atoms with E-state index in [1.54, 1.807) is 29.1 Å². The average molecular weight is 423 g/mol. The van der Waals surface area contributed by atoms with Crippen LogP contribution in [0.3, 0.4) is 0 Å². The van der Waals surface area contributed by atoms with Crippen LogP contribution in [0.4, 0.5) is 5.69 Å². The summed E-state index contributed by atoms with van der Waals surface area (Å²) in [6.07, 6.45) is 1.59. The number of anilines is 1. The number of hydrogen-bond acceptors (Lipinski definition) is 5. The first-order chi connectivity index (χ1) is 13.0. The Morgan fingerprint density at radius 3 is 2.74 bits per heavy atom. The van der Waals surface area contributed by atoms with Crippen LogP contribution in [0, 0.1) is 6.92 Å². The zero-order valence-electron chi connectivity index (χ0n) is 14.6. The molecule has 27 heavy (non-hydrogen) atoms. The number of aromatic nitrogens is 3. The molecule has 9 heteroatoms. The molecule has 0 spiro atoms. The van der Waals surface area contributed by atoms with Crippen molar-refractivity contribution in [2.24, 2.45) is 0 Å². The van der Waals surface area contributed by atoms with Crippen LogP contribution in [0.25, 0.3) is 5.69 Å². The summed E-state index contributed by atoms with van der Waals surface area (Å²) in [5.74, 6) is 0.536. The first-order valence-electron chi connectivity index (χ1n) is 7.90. The van der Waals surface area contributed by atoms with Gasteiger partial charge in [-0.05, 0) is 42.8 Å². The predicted octanol–water partition coefficient (Wildman–Crippen LogP) is 4.62. The number of benzene rings is 2. The number of ether oxygens (including phenoxy) is 1. The van der Waals surface area contributed by atoms with Gasteiger partial charge in [0.25, 0.3) is 0 Å². The minimum atomic E-state index is -0.183. The fourth-order valence-corrected chi connectivity index (χ4v) is 3.46. The summed E-state index contributed by atoms with van der Waals surface area (Å²) in [5, 5.41) is 12.5. The molecule has 0 unspecified atom stereocenters. The van der Waals surface area contributed by atoms with Gasteiger partial charge < -0.3 is 10.1 Å². The summed E-state index contributed by atoms with van der Waals surface area (Å²) in [7, 11) is 1.54. The lowest BCUT2D eigenvalue weighted by Gasteiger charge is -2.09. The molecule has 1 amide bonds. The van der Waals surface area contributed by atoms with Crippen LogP contribution in [0.5, 0.6) is 5.75 Å². The Labute approximate surface area is 170 Å². The van der Waals surface area contributed by atoms with Crippen LogP contribution in [0.2, 0.25) is 10.0 Å². The fourth-order valence-electron chi connectivity index (χ4n) is 2.30. The maximum Gasteiger partial charge on any atom is 0.234 e. The molecule has 1 aromatic heterocycles. The molecule has 0 aliphatic rings. The highest BCUT2D eigenvalue weighted by molar-refractivity contribution is 7.99. The highest BCUT2D eigenvalue weighted by Gasteiger charge is 2.12. The number of methoxy groups -OCH3 is 1. The Bertz CT molecular complexity index is 978. The zero-order valence-corrected chi connectivity index (χ0v) is 16.9. The van der Waals surface area contributed by atoms with Crippen molar-refractivity contribution in [2.45, 2.75) is 12.1 Å². The molecule has 1 N–H and O–H groups in total. The zero-order chi connectivity index (χ0) is 19.4. The van der Waals surface area contributed by atoms with Crippen molar-refractivity contribution in [3.05, 3.63) is 58.3 Å². The molecule has 140 valence electrons. The van der Waals surface area contributed by atoms with Gasteiger partial charge in [0.1, 0.15) is 12.1 Å². The van der Waals surface area contributed by atoms with Gasteiger partial charge in [0.15, 0.2) is 5.16 Å². The van der Waals surface area contributed by atoms with Crippen molar-refractivity contribution in [3.63, 3.8) is 0 Å². The number of halogens is 2. The molecule has 0 radical (unpaired) electrons. The summed E-state index contributed by atoms with van der Waals surface area (Å²) in [6.45, 7) is 1.93. The summed E-state index contributed by atoms with van der Waals surface area (Å²) < 4.78 is 6.88. The number of hydrogen-bond donors (Lipinski definition) is 1. The monoisotopic (exact) mass is 422 g/mol. The highest BCUT2D eigenvalue weighted by Crippen LogP contribution is 2.28. The molecule has 0 aliphatic carbocycles. The summed E-state index contributed by atoms with van der Waals surface area (Å²) in [6, 6.07) is 10.7. The molecule has 0 aliphatic heterocycles. The van der Waals surface area contributed by atoms with Crippen molar-refractivity contribution < 1.29 is 9.53 Å². The molecule has 0 saturated heterocycles. The molecule has 2 aromatic carbocycles. The van der Waals surface area contributed by atoms with Gasteiger partial charge >= 0.3 is 0 Å². The van der Waals surface area contributed by atoms with E-state index in [0.717, 1.165) is 11.3 Å². The Morgan fingerprint density at radius 2 is 2.04 bits per heavy atom. The van der Waals surface area contributed by atoms with E-state index in [4.69, 9.17) is 27.9 Å². The Kier molecular flexibility index (Phi) is 6.26. The van der Waals surface area contributed by atoms with Gasteiger partial charge in [-0.2, -0.15) is 0 Å². The number of thioether (sulfide) groups is 1. The van der Waals surface area contributed by atoms with E-state index < -0.39 is 0 Å². The second-order valence-electron chi connectivity index (χ2n) is 5.60. The van der Waals surface area contributed by atoms with E-state index in [0.29, 0.717) is 26.6 Å². The molecule has 0 atom stereocenters. The van der Waals surface area contributed by atoms with Crippen molar-refractivity contribution in [1.82, 2.24) is 14.8 Å². The van der Waals surface area contributed by atoms with Gasteiger partial charge in [-0.15, -0.1) is 10.2 Å². The number of nitrogens with zero attached hydrogens (tertiary/aromatic N) is 3. The SMILES string of the molecule is COc1ccc(NC(=O)CSc2nncn2-c2ccc(C)c(Cl)c2)cc1Cl. The van der Waals surface area contributed by atoms with Crippen molar-refractivity contribution >= 4 is 46.6 Å². The number of nitrogens with one attached hydrogen (secondary N) is 1. The van der Waals surface area contributed by atoms with E-state index in [-0.39, 0.29) is 11.7 Å². The smallest absolute Gasteiger partial charge is 0.234 e. The number of carbonyl (C=O) groups is 1. The van der Waals surface area contributed by atoms with Crippen molar-refractivity contribution in [3.8, 4) is 11.4 Å². The van der Waals surface area contributed by atoms with Crippen LogP contribution in [0.15, 0.2) is 47.9 Å². The maximum absolute atomic E-state index is 12.2. The molecular weight excluding hydrogens is 407 g/mol. The topological polar surface area (TPSA) is 69.0 Å². The molecule has 0 saturated carbocycles. The largest absolute Gasteiger partial charge is 0.495 e. The predicted molar refractivity (Wildman–Crippen MR) is 108 cm³/mol. The standard InChI is InChI=1S/C18H16Cl2N4O2S/c1-11-3-5-13(8-14(11)19)24-10-21-23-18(24)27-9-17(25)22-12-4-6-16(26-2)15(20)7-12/h3-8,10H,9H2,1-2H3,(H,22,25). The lowest BCUT2D eigenvalue weighted by atomic mass is 10.2. The minimum Gasteiger partial charge on any atom is -0.495 e.